The van der Waals surface area contributed by atoms with Crippen molar-refractivity contribution < 1.29 is 9.53 Å². The van der Waals surface area contributed by atoms with Crippen LogP contribution in [0, 0.1) is 11.3 Å². The van der Waals surface area contributed by atoms with Crippen LogP contribution in [-0.2, 0) is 0 Å². The molecule has 0 aromatic heterocycles. The highest BCUT2D eigenvalue weighted by Gasteiger charge is 2.41. The van der Waals surface area contributed by atoms with E-state index in [1.165, 1.54) is 0 Å². The molecule has 0 atom stereocenters. The van der Waals surface area contributed by atoms with Crippen LogP contribution in [-0.4, -0.2) is 18.4 Å². The molecule has 1 fully saturated rings. The summed E-state index contributed by atoms with van der Waals surface area (Å²) in [5.74, 6) is 1.54. The van der Waals surface area contributed by atoms with E-state index in [-0.39, 0.29) is 11.9 Å². The van der Waals surface area contributed by atoms with Gasteiger partial charge in [-0.25, -0.2) is 0 Å². The Morgan fingerprint density at radius 3 is 2.52 bits per heavy atom. The molecule has 1 saturated carbocycles. The fourth-order valence-electron chi connectivity index (χ4n) is 3.14. The zero-order chi connectivity index (χ0) is 15.5. The number of benzene rings is 1. The van der Waals surface area contributed by atoms with Crippen LogP contribution in [0.5, 0.6) is 5.75 Å². The third kappa shape index (κ3) is 3.46. The molecule has 3 nitrogen and oxygen atoms in total. The molecule has 0 spiro atoms. The van der Waals surface area contributed by atoms with Gasteiger partial charge in [-0.05, 0) is 57.6 Å². The van der Waals surface area contributed by atoms with E-state index < -0.39 is 5.41 Å². The number of Topliss-reactive ketones (excluding diaryl/α,β-unsaturated/α-hetero) is 1. The van der Waals surface area contributed by atoms with Crippen molar-refractivity contribution in [3.05, 3.63) is 29.8 Å². The predicted molar refractivity (Wildman–Crippen MR) is 85.7 cm³/mol. The molecule has 3 heteroatoms. The van der Waals surface area contributed by atoms with E-state index in [0.29, 0.717) is 23.8 Å². The lowest BCUT2D eigenvalue weighted by atomic mass is 9.67. The molecule has 0 aliphatic heterocycles. The SMILES string of the molecule is CC1CCC(CN)(C(=O)c2ccccc2OC(C)C)CC1. The van der Waals surface area contributed by atoms with Crippen molar-refractivity contribution >= 4 is 5.78 Å². The Bertz CT molecular complexity index is 488. The highest BCUT2D eigenvalue weighted by Crippen LogP contribution is 2.42. The first-order valence-corrected chi connectivity index (χ1v) is 7.99. The molecule has 0 heterocycles. The summed E-state index contributed by atoms with van der Waals surface area (Å²) in [4.78, 5) is 13.1. The molecule has 0 saturated heterocycles. The average Bonchev–Trinajstić information content (AvgIpc) is 2.48. The molecule has 2 rings (SSSR count). The number of carbonyl (C=O) groups excluding carboxylic acids is 1. The van der Waals surface area contributed by atoms with Gasteiger partial charge in [-0.15, -0.1) is 0 Å². The fraction of sp³-hybridized carbons (Fsp3) is 0.611. The number of rotatable bonds is 5. The number of ketones is 1. The van der Waals surface area contributed by atoms with Gasteiger partial charge in [0, 0.05) is 12.0 Å². The first kappa shape index (κ1) is 16.0. The molecule has 1 aromatic rings. The molecule has 21 heavy (non-hydrogen) atoms. The largest absolute Gasteiger partial charge is 0.490 e. The van der Waals surface area contributed by atoms with Crippen LogP contribution >= 0.6 is 0 Å². The number of hydrogen-bond acceptors (Lipinski definition) is 3. The average molecular weight is 289 g/mol. The Labute approximate surface area is 127 Å². The Morgan fingerprint density at radius 1 is 1.33 bits per heavy atom. The van der Waals surface area contributed by atoms with Gasteiger partial charge in [0.05, 0.1) is 11.7 Å². The lowest BCUT2D eigenvalue weighted by Crippen LogP contribution is -2.41. The number of carbonyl (C=O) groups is 1. The second-order valence-corrected chi connectivity index (χ2v) is 6.66. The molecule has 1 aliphatic rings. The minimum Gasteiger partial charge on any atom is -0.490 e. The van der Waals surface area contributed by atoms with Crippen LogP contribution in [0.4, 0.5) is 0 Å². The third-order valence-corrected chi connectivity index (χ3v) is 4.60. The van der Waals surface area contributed by atoms with Crippen molar-refractivity contribution in [1.29, 1.82) is 0 Å². The molecule has 1 aliphatic carbocycles. The van der Waals surface area contributed by atoms with Crippen molar-refractivity contribution in [1.82, 2.24) is 0 Å². The summed E-state index contributed by atoms with van der Waals surface area (Å²) in [7, 11) is 0. The van der Waals surface area contributed by atoms with Gasteiger partial charge in [-0.3, -0.25) is 4.79 Å². The molecule has 0 bridgehead atoms. The summed E-state index contributed by atoms with van der Waals surface area (Å²) >= 11 is 0. The third-order valence-electron chi connectivity index (χ3n) is 4.60. The molecular formula is C18H27NO2. The zero-order valence-electron chi connectivity index (χ0n) is 13.4. The second kappa shape index (κ2) is 6.61. The summed E-state index contributed by atoms with van der Waals surface area (Å²) < 4.78 is 5.81. The summed E-state index contributed by atoms with van der Waals surface area (Å²) in [5.41, 5.74) is 6.30. The van der Waals surface area contributed by atoms with Gasteiger partial charge in [0.15, 0.2) is 5.78 Å². The standard InChI is InChI=1S/C18H27NO2/c1-13(2)21-16-7-5-4-6-15(16)17(20)18(12-19)10-8-14(3)9-11-18/h4-7,13-14H,8-12,19H2,1-3H3. The van der Waals surface area contributed by atoms with Crippen molar-refractivity contribution in [2.24, 2.45) is 17.1 Å². The summed E-state index contributed by atoms with van der Waals surface area (Å²) in [5, 5.41) is 0. The number of ether oxygens (including phenoxy) is 1. The highest BCUT2D eigenvalue weighted by atomic mass is 16.5. The molecular weight excluding hydrogens is 262 g/mol. The van der Waals surface area contributed by atoms with Gasteiger partial charge in [0.2, 0.25) is 0 Å². The van der Waals surface area contributed by atoms with Crippen LogP contribution in [0.25, 0.3) is 0 Å². The molecule has 116 valence electrons. The van der Waals surface area contributed by atoms with Gasteiger partial charge in [-0.1, -0.05) is 19.1 Å². The topological polar surface area (TPSA) is 52.3 Å². The quantitative estimate of drug-likeness (QED) is 0.839. The van der Waals surface area contributed by atoms with Gasteiger partial charge in [0.1, 0.15) is 5.75 Å². The smallest absolute Gasteiger partial charge is 0.173 e. The monoisotopic (exact) mass is 289 g/mol. The van der Waals surface area contributed by atoms with Gasteiger partial charge in [-0.2, -0.15) is 0 Å². The van der Waals surface area contributed by atoms with Crippen molar-refractivity contribution in [3.63, 3.8) is 0 Å². The van der Waals surface area contributed by atoms with Crippen LogP contribution in [0.3, 0.4) is 0 Å². The van der Waals surface area contributed by atoms with E-state index in [9.17, 15) is 4.79 Å². The Kier molecular flexibility index (Phi) is 5.04. The maximum Gasteiger partial charge on any atom is 0.173 e. The zero-order valence-corrected chi connectivity index (χ0v) is 13.4. The first-order valence-electron chi connectivity index (χ1n) is 7.99. The van der Waals surface area contributed by atoms with Crippen LogP contribution in [0.2, 0.25) is 0 Å². The van der Waals surface area contributed by atoms with Crippen LogP contribution < -0.4 is 10.5 Å². The number of nitrogens with two attached hydrogens (primary N) is 1. The Hall–Kier alpha value is -1.35. The van der Waals surface area contributed by atoms with Gasteiger partial charge < -0.3 is 10.5 Å². The highest BCUT2D eigenvalue weighted by molar-refractivity contribution is 6.03. The van der Waals surface area contributed by atoms with Gasteiger partial charge >= 0.3 is 0 Å². The summed E-state index contributed by atoms with van der Waals surface area (Å²) in [6.45, 7) is 6.62. The molecule has 0 amide bonds. The lowest BCUT2D eigenvalue weighted by Gasteiger charge is -2.37. The Morgan fingerprint density at radius 2 is 1.95 bits per heavy atom. The minimum atomic E-state index is -0.400. The van der Waals surface area contributed by atoms with Crippen molar-refractivity contribution in [2.45, 2.75) is 52.6 Å². The summed E-state index contributed by atoms with van der Waals surface area (Å²) in [6.07, 6.45) is 3.99. The van der Waals surface area contributed by atoms with Crippen LogP contribution in [0.15, 0.2) is 24.3 Å². The maximum absolute atomic E-state index is 13.1. The van der Waals surface area contributed by atoms with E-state index in [1.54, 1.807) is 0 Å². The fourth-order valence-corrected chi connectivity index (χ4v) is 3.14. The molecule has 0 unspecified atom stereocenters. The minimum absolute atomic E-state index is 0.0548. The van der Waals surface area contributed by atoms with Crippen LogP contribution in [0.1, 0.15) is 56.8 Å². The number of hydrogen-bond donors (Lipinski definition) is 1. The predicted octanol–water partition coefficient (Wildman–Crippen LogP) is 3.81. The van der Waals surface area contributed by atoms with E-state index in [4.69, 9.17) is 10.5 Å². The number of para-hydroxylation sites is 1. The maximum atomic E-state index is 13.1. The molecule has 0 radical (unpaired) electrons. The second-order valence-electron chi connectivity index (χ2n) is 6.66. The van der Waals surface area contributed by atoms with E-state index in [1.807, 2.05) is 38.1 Å². The lowest BCUT2D eigenvalue weighted by molar-refractivity contribution is 0.0689. The summed E-state index contributed by atoms with van der Waals surface area (Å²) in [6, 6.07) is 7.56. The first-order chi connectivity index (χ1) is 9.98. The molecule has 1 aromatic carbocycles. The van der Waals surface area contributed by atoms with E-state index in [0.717, 1.165) is 25.7 Å². The normalized spacial score (nSPS) is 25.9. The van der Waals surface area contributed by atoms with E-state index in [2.05, 4.69) is 6.92 Å². The van der Waals surface area contributed by atoms with Crippen molar-refractivity contribution in [2.75, 3.05) is 6.54 Å². The Balaban J connectivity index is 2.30. The molecule has 2 N–H and O–H groups in total. The van der Waals surface area contributed by atoms with E-state index >= 15 is 0 Å². The van der Waals surface area contributed by atoms with Crippen molar-refractivity contribution in [3.8, 4) is 5.75 Å². The van der Waals surface area contributed by atoms with Gasteiger partial charge in [0.25, 0.3) is 0 Å².